The summed E-state index contributed by atoms with van der Waals surface area (Å²) < 4.78 is 34.4. The number of aryl methyl sites for hydroxylation is 4. The lowest BCUT2D eigenvalue weighted by atomic mass is 9.84. The molecule has 0 spiro atoms. The molecule has 5 rings (SSSR count). The number of hydrogen-bond acceptors (Lipinski definition) is 6. The Kier molecular flexibility index (Phi) is 9.73. The third-order valence-electron chi connectivity index (χ3n) is 9.16. The molecule has 0 aliphatic carbocycles. The number of hydrogen-bond donors (Lipinski definition) is 1. The molecule has 0 amide bonds. The summed E-state index contributed by atoms with van der Waals surface area (Å²) in [6.45, 7) is 8.85. The lowest BCUT2D eigenvalue weighted by molar-refractivity contribution is -0.137. The van der Waals surface area contributed by atoms with E-state index >= 15 is 0 Å². The van der Waals surface area contributed by atoms with E-state index < -0.39 is 21.1 Å². The van der Waals surface area contributed by atoms with E-state index in [1.165, 1.54) is 11.1 Å². The highest BCUT2D eigenvalue weighted by Crippen LogP contribution is 2.36. The molecule has 0 radical (unpaired) electrons. The van der Waals surface area contributed by atoms with Crippen molar-refractivity contribution < 1.29 is 23.1 Å². The molecule has 4 aromatic rings. The van der Waals surface area contributed by atoms with Crippen LogP contribution in [0.4, 0.5) is 0 Å². The molecule has 44 heavy (non-hydrogen) atoms. The van der Waals surface area contributed by atoms with Gasteiger partial charge in [-0.15, -0.1) is 5.10 Å². The number of sulfone groups is 1. The summed E-state index contributed by atoms with van der Waals surface area (Å²) >= 11 is 0. The van der Waals surface area contributed by atoms with E-state index in [-0.39, 0.29) is 18.4 Å². The molecule has 1 aliphatic rings. The molecular weight excluding hydrogens is 574 g/mol. The Morgan fingerprint density at radius 2 is 1.86 bits per heavy atom. The predicted molar refractivity (Wildman–Crippen MR) is 172 cm³/mol. The minimum Gasteiger partial charge on any atom is -0.489 e. The first-order valence-electron chi connectivity index (χ1n) is 15.8. The smallest absolute Gasteiger partial charge is 0.304 e. The monoisotopic (exact) mass is 617 g/mol. The van der Waals surface area contributed by atoms with Gasteiger partial charge in [-0.05, 0) is 92.0 Å². The van der Waals surface area contributed by atoms with Gasteiger partial charge in [-0.1, -0.05) is 61.9 Å². The van der Waals surface area contributed by atoms with Crippen molar-refractivity contribution in [3.8, 4) is 5.75 Å². The Bertz CT molecular complexity index is 1750. The Morgan fingerprint density at radius 3 is 2.61 bits per heavy atom. The van der Waals surface area contributed by atoms with Crippen LogP contribution in [0, 0.1) is 13.8 Å². The third-order valence-corrected chi connectivity index (χ3v) is 11.5. The van der Waals surface area contributed by atoms with Gasteiger partial charge >= 0.3 is 5.97 Å². The zero-order valence-electron chi connectivity index (χ0n) is 26.1. The second kappa shape index (κ2) is 13.5. The highest BCUT2D eigenvalue weighted by molar-refractivity contribution is 7.92. The fourth-order valence-electron chi connectivity index (χ4n) is 6.58. The van der Waals surface area contributed by atoms with Crippen molar-refractivity contribution in [3.63, 3.8) is 0 Å². The Hall–Kier alpha value is -3.72. The molecule has 2 heterocycles. The van der Waals surface area contributed by atoms with Crippen LogP contribution >= 0.6 is 0 Å². The largest absolute Gasteiger partial charge is 0.489 e. The SMILES string of the molecule is CCc1cc(C(CC(=O)O)c2ccc3c(nnn3CCCCCC3CC(CC)S(=O)(=O)c4ccccc4O3)c2C)ccc1C. The normalized spacial score (nSPS) is 18.4. The first kappa shape index (κ1) is 31.7. The van der Waals surface area contributed by atoms with Crippen molar-refractivity contribution in [1.82, 2.24) is 15.0 Å². The molecule has 0 saturated heterocycles. The van der Waals surface area contributed by atoms with Gasteiger partial charge in [-0.25, -0.2) is 13.1 Å². The molecule has 8 nitrogen and oxygen atoms in total. The summed E-state index contributed by atoms with van der Waals surface area (Å²) in [7, 11) is -3.40. The van der Waals surface area contributed by atoms with Gasteiger partial charge in [0, 0.05) is 18.9 Å². The first-order chi connectivity index (χ1) is 21.1. The maximum Gasteiger partial charge on any atom is 0.304 e. The van der Waals surface area contributed by atoms with E-state index in [0.717, 1.165) is 59.8 Å². The van der Waals surface area contributed by atoms with Crippen LogP contribution in [0.5, 0.6) is 5.75 Å². The van der Waals surface area contributed by atoms with E-state index in [1.54, 1.807) is 18.2 Å². The molecule has 9 heteroatoms. The van der Waals surface area contributed by atoms with E-state index in [4.69, 9.17) is 4.74 Å². The first-order valence-corrected chi connectivity index (χ1v) is 17.3. The molecule has 1 aromatic heterocycles. The number of carboxylic acids is 1. The molecule has 234 valence electrons. The van der Waals surface area contributed by atoms with Gasteiger partial charge < -0.3 is 9.84 Å². The molecule has 3 aromatic carbocycles. The number of ether oxygens (including phenoxy) is 1. The zero-order valence-corrected chi connectivity index (χ0v) is 26.9. The van der Waals surface area contributed by atoms with Crippen LogP contribution in [0.3, 0.4) is 0 Å². The number of para-hydroxylation sites is 1. The van der Waals surface area contributed by atoms with Gasteiger partial charge in [0.05, 0.1) is 17.2 Å². The quantitative estimate of drug-likeness (QED) is 0.168. The van der Waals surface area contributed by atoms with Gasteiger partial charge in [-0.3, -0.25) is 4.79 Å². The summed E-state index contributed by atoms with van der Waals surface area (Å²) in [5.41, 5.74) is 7.13. The number of benzene rings is 3. The fraction of sp³-hybridized carbons (Fsp3) is 0.457. The fourth-order valence-corrected chi connectivity index (χ4v) is 8.51. The predicted octanol–water partition coefficient (Wildman–Crippen LogP) is 7.18. The number of rotatable bonds is 12. The maximum atomic E-state index is 13.1. The van der Waals surface area contributed by atoms with Gasteiger partial charge in [0.1, 0.15) is 22.3 Å². The van der Waals surface area contributed by atoms with E-state index in [0.29, 0.717) is 30.0 Å². The van der Waals surface area contributed by atoms with E-state index in [9.17, 15) is 18.3 Å². The van der Waals surface area contributed by atoms with Crippen LogP contribution in [0.2, 0.25) is 0 Å². The van der Waals surface area contributed by atoms with E-state index in [1.807, 2.05) is 42.8 Å². The molecule has 1 N–H and O–H groups in total. The van der Waals surface area contributed by atoms with Crippen LogP contribution in [-0.2, 0) is 27.6 Å². The van der Waals surface area contributed by atoms with Crippen molar-refractivity contribution in [1.29, 1.82) is 0 Å². The molecule has 0 saturated carbocycles. The average molecular weight is 618 g/mol. The highest BCUT2D eigenvalue weighted by atomic mass is 32.2. The number of aromatic nitrogens is 3. The third kappa shape index (κ3) is 6.53. The molecule has 3 atom stereocenters. The summed E-state index contributed by atoms with van der Waals surface area (Å²) in [6.07, 6.45) is 5.43. The van der Waals surface area contributed by atoms with Crippen LogP contribution in [-0.4, -0.2) is 45.8 Å². The molecular formula is C35H43N3O5S. The van der Waals surface area contributed by atoms with Gasteiger partial charge in [0.15, 0.2) is 9.84 Å². The summed E-state index contributed by atoms with van der Waals surface area (Å²) in [6, 6.07) is 17.3. The van der Waals surface area contributed by atoms with Crippen molar-refractivity contribution in [3.05, 3.63) is 82.4 Å². The number of unbranched alkanes of at least 4 members (excludes halogenated alkanes) is 2. The van der Waals surface area contributed by atoms with Crippen molar-refractivity contribution in [2.45, 2.75) is 108 Å². The van der Waals surface area contributed by atoms with Crippen molar-refractivity contribution in [2.24, 2.45) is 0 Å². The number of nitrogens with zero attached hydrogens (tertiary/aromatic N) is 3. The second-order valence-corrected chi connectivity index (χ2v) is 14.2. The highest BCUT2D eigenvalue weighted by Gasteiger charge is 2.35. The standard InChI is InChI=1S/C35H43N3O5S/c1-5-25-20-26(16-15-23(25)3)30(22-34(39)40)29-17-18-31-35(24(29)4)36-37-38(31)19-11-7-8-12-27-21-28(6-2)44(41,42)33-14-10-9-13-32(33)43-27/h9-10,13-18,20,27-28,30H,5-8,11-12,19,21-22H2,1-4H3,(H,39,40). The van der Waals surface area contributed by atoms with Crippen LogP contribution in [0.25, 0.3) is 11.0 Å². The number of aliphatic carboxylic acids is 1. The summed E-state index contributed by atoms with van der Waals surface area (Å²) in [4.78, 5) is 12.2. The van der Waals surface area contributed by atoms with Crippen LogP contribution in [0.15, 0.2) is 59.5 Å². The minimum atomic E-state index is -3.40. The Balaban J connectivity index is 1.25. The average Bonchev–Trinajstić information content (AvgIpc) is 3.38. The number of fused-ring (bicyclic) bond motifs is 2. The number of carboxylic acid groups (broad SMARTS) is 1. The Labute approximate surface area is 260 Å². The maximum absolute atomic E-state index is 13.1. The molecule has 3 unspecified atom stereocenters. The molecule has 0 bridgehead atoms. The van der Waals surface area contributed by atoms with Gasteiger partial charge in [0.2, 0.25) is 0 Å². The summed E-state index contributed by atoms with van der Waals surface area (Å²) in [5.74, 6) is -0.633. The Morgan fingerprint density at radius 1 is 1.07 bits per heavy atom. The lowest BCUT2D eigenvalue weighted by Crippen LogP contribution is -2.25. The van der Waals surface area contributed by atoms with Gasteiger partial charge in [0.25, 0.3) is 0 Å². The second-order valence-electron chi connectivity index (χ2n) is 12.0. The molecule has 1 aliphatic heterocycles. The lowest BCUT2D eigenvalue weighted by Gasteiger charge is -2.20. The summed E-state index contributed by atoms with van der Waals surface area (Å²) in [5, 5.41) is 18.3. The van der Waals surface area contributed by atoms with Crippen LogP contribution < -0.4 is 4.74 Å². The van der Waals surface area contributed by atoms with Crippen LogP contribution in [0.1, 0.15) is 92.5 Å². The van der Waals surface area contributed by atoms with Crippen molar-refractivity contribution >= 4 is 26.8 Å². The number of carbonyl (C=O) groups is 1. The zero-order chi connectivity index (χ0) is 31.4. The molecule has 0 fully saturated rings. The topological polar surface area (TPSA) is 111 Å². The van der Waals surface area contributed by atoms with Crippen molar-refractivity contribution in [2.75, 3.05) is 0 Å². The van der Waals surface area contributed by atoms with Gasteiger partial charge in [-0.2, -0.15) is 0 Å². The van der Waals surface area contributed by atoms with E-state index in [2.05, 4.69) is 36.3 Å². The minimum absolute atomic E-state index is 0.00786.